The van der Waals surface area contributed by atoms with Crippen molar-refractivity contribution in [1.82, 2.24) is 4.90 Å². The van der Waals surface area contributed by atoms with Gasteiger partial charge in [-0.1, -0.05) is 26.7 Å². The third-order valence-corrected chi connectivity index (χ3v) is 4.21. The van der Waals surface area contributed by atoms with Crippen molar-refractivity contribution in [1.29, 1.82) is 0 Å². The summed E-state index contributed by atoms with van der Waals surface area (Å²) >= 11 is 0. The van der Waals surface area contributed by atoms with E-state index in [1.165, 1.54) is 51.6 Å². The van der Waals surface area contributed by atoms with Crippen LogP contribution in [0.5, 0.6) is 0 Å². The summed E-state index contributed by atoms with van der Waals surface area (Å²) in [6.07, 6.45) is 7.60. The number of likely N-dealkylation sites (tertiary alicyclic amines) is 1. The first-order chi connectivity index (χ1) is 7.15. The van der Waals surface area contributed by atoms with Crippen LogP contribution in [0.1, 0.15) is 59.3 Å². The van der Waals surface area contributed by atoms with Crippen LogP contribution in [0.15, 0.2) is 0 Å². The zero-order valence-corrected chi connectivity index (χ0v) is 10.8. The molecule has 0 amide bonds. The van der Waals surface area contributed by atoms with Gasteiger partial charge in [0.2, 0.25) is 0 Å². The Balaban J connectivity index is 2.56. The van der Waals surface area contributed by atoms with Gasteiger partial charge < -0.3 is 5.73 Å². The summed E-state index contributed by atoms with van der Waals surface area (Å²) in [5, 5.41) is 0. The van der Waals surface area contributed by atoms with E-state index in [0.717, 1.165) is 0 Å². The van der Waals surface area contributed by atoms with E-state index in [2.05, 4.69) is 25.7 Å². The van der Waals surface area contributed by atoms with Crippen LogP contribution in [0, 0.1) is 0 Å². The molecule has 0 aromatic rings. The van der Waals surface area contributed by atoms with Gasteiger partial charge >= 0.3 is 0 Å². The lowest BCUT2D eigenvalue weighted by molar-refractivity contribution is 0.0956. The van der Waals surface area contributed by atoms with Gasteiger partial charge in [-0.05, 0) is 45.7 Å². The minimum absolute atomic E-state index is 0.242. The molecular formula is C13H28N2. The molecule has 1 fully saturated rings. The van der Waals surface area contributed by atoms with Crippen LogP contribution in [-0.4, -0.2) is 29.6 Å². The molecule has 0 spiro atoms. The summed E-state index contributed by atoms with van der Waals surface area (Å²) in [6.45, 7) is 9.39. The molecule has 1 aliphatic rings. The van der Waals surface area contributed by atoms with E-state index in [0.29, 0.717) is 6.04 Å². The minimum Gasteiger partial charge on any atom is -0.326 e. The first-order valence-corrected chi connectivity index (χ1v) is 6.65. The summed E-state index contributed by atoms with van der Waals surface area (Å²) in [5.74, 6) is 0. The Kier molecular flexibility index (Phi) is 5.07. The van der Waals surface area contributed by atoms with Crippen molar-refractivity contribution in [3.8, 4) is 0 Å². The molecule has 2 heteroatoms. The third kappa shape index (κ3) is 2.94. The van der Waals surface area contributed by atoms with Crippen LogP contribution in [0.3, 0.4) is 0 Å². The smallest absolute Gasteiger partial charge is 0.0329 e. The molecule has 0 aliphatic carbocycles. The van der Waals surface area contributed by atoms with Crippen molar-refractivity contribution < 1.29 is 0 Å². The number of hydrogen-bond donors (Lipinski definition) is 1. The van der Waals surface area contributed by atoms with Crippen LogP contribution in [0.4, 0.5) is 0 Å². The highest BCUT2D eigenvalue weighted by molar-refractivity contribution is 4.95. The normalized spacial score (nSPS) is 24.0. The van der Waals surface area contributed by atoms with Crippen molar-refractivity contribution in [3.05, 3.63) is 0 Å². The lowest BCUT2D eigenvalue weighted by Crippen LogP contribution is -2.56. The molecule has 0 radical (unpaired) electrons. The van der Waals surface area contributed by atoms with Crippen molar-refractivity contribution in [3.63, 3.8) is 0 Å². The Morgan fingerprint density at radius 3 is 2.33 bits per heavy atom. The van der Waals surface area contributed by atoms with E-state index in [4.69, 9.17) is 5.73 Å². The fourth-order valence-corrected chi connectivity index (χ4v) is 2.68. The molecule has 15 heavy (non-hydrogen) atoms. The monoisotopic (exact) mass is 212 g/mol. The molecule has 2 unspecified atom stereocenters. The molecule has 1 saturated heterocycles. The Morgan fingerprint density at radius 1 is 1.27 bits per heavy atom. The fourth-order valence-electron chi connectivity index (χ4n) is 2.68. The van der Waals surface area contributed by atoms with Crippen LogP contribution in [0.25, 0.3) is 0 Å². The molecule has 0 bridgehead atoms. The molecule has 1 aliphatic heterocycles. The first-order valence-electron chi connectivity index (χ1n) is 6.65. The van der Waals surface area contributed by atoms with Crippen molar-refractivity contribution in [2.24, 2.45) is 5.73 Å². The summed E-state index contributed by atoms with van der Waals surface area (Å²) in [7, 11) is 0. The van der Waals surface area contributed by atoms with Crippen molar-refractivity contribution in [2.45, 2.75) is 70.9 Å². The second kappa shape index (κ2) is 5.86. The average molecular weight is 212 g/mol. The van der Waals surface area contributed by atoms with Gasteiger partial charge in [0.25, 0.3) is 0 Å². The fraction of sp³-hybridized carbons (Fsp3) is 1.00. The second-order valence-corrected chi connectivity index (χ2v) is 5.15. The minimum atomic E-state index is 0.242. The lowest BCUT2D eigenvalue weighted by atomic mass is 9.85. The van der Waals surface area contributed by atoms with Crippen LogP contribution in [0.2, 0.25) is 0 Å². The topological polar surface area (TPSA) is 29.3 Å². The maximum absolute atomic E-state index is 6.39. The molecule has 2 nitrogen and oxygen atoms in total. The van der Waals surface area contributed by atoms with Gasteiger partial charge in [-0.3, -0.25) is 4.90 Å². The number of hydrogen-bond acceptors (Lipinski definition) is 2. The predicted molar refractivity (Wildman–Crippen MR) is 67.0 cm³/mol. The molecular weight excluding hydrogens is 184 g/mol. The van der Waals surface area contributed by atoms with Gasteiger partial charge in [0.15, 0.2) is 0 Å². The Labute approximate surface area is 95.2 Å². The van der Waals surface area contributed by atoms with Gasteiger partial charge in [-0.2, -0.15) is 0 Å². The van der Waals surface area contributed by atoms with E-state index < -0.39 is 0 Å². The van der Waals surface area contributed by atoms with Gasteiger partial charge in [0.05, 0.1) is 0 Å². The maximum atomic E-state index is 6.39. The van der Waals surface area contributed by atoms with E-state index in [1.54, 1.807) is 0 Å². The SMILES string of the molecule is CCCCC(N)C(C)(CC)N1CCCC1. The Bertz CT molecular complexity index is 175. The van der Waals surface area contributed by atoms with Gasteiger partial charge in [-0.15, -0.1) is 0 Å². The lowest BCUT2D eigenvalue weighted by Gasteiger charge is -2.43. The number of unbranched alkanes of at least 4 members (excludes halogenated alkanes) is 1. The van der Waals surface area contributed by atoms with E-state index in [-0.39, 0.29) is 5.54 Å². The summed E-state index contributed by atoms with van der Waals surface area (Å²) in [6, 6.07) is 0.348. The van der Waals surface area contributed by atoms with E-state index in [1.807, 2.05) is 0 Å². The highest BCUT2D eigenvalue weighted by atomic mass is 15.2. The largest absolute Gasteiger partial charge is 0.326 e. The van der Waals surface area contributed by atoms with Crippen molar-refractivity contribution in [2.75, 3.05) is 13.1 Å². The van der Waals surface area contributed by atoms with Crippen molar-refractivity contribution >= 4 is 0 Å². The third-order valence-electron chi connectivity index (χ3n) is 4.21. The highest BCUT2D eigenvalue weighted by Gasteiger charge is 2.36. The molecule has 0 aromatic heterocycles. The Morgan fingerprint density at radius 2 is 1.87 bits per heavy atom. The van der Waals surface area contributed by atoms with Gasteiger partial charge in [0.1, 0.15) is 0 Å². The number of rotatable bonds is 6. The zero-order chi connectivity index (χ0) is 11.3. The summed E-state index contributed by atoms with van der Waals surface area (Å²) < 4.78 is 0. The average Bonchev–Trinajstić information content (AvgIpc) is 2.78. The number of nitrogens with zero attached hydrogens (tertiary/aromatic N) is 1. The van der Waals surface area contributed by atoms with Gasteiger partial charge in [-0.25, -0.2) is 0 Å². The van der Waals surface area contributed by atoms with Crippen LogP contribution >= 0.6 is 0 Å². The number of nitrogens with two attached hydrogens (primary N) is 1. The quantitative estimate of drug-likeness (QED) is 0.733. The predicted octanol–water partition coefficient (Wildman–Crippen LogP) is 2.77. The van der Waals surface area contributed by atoms with Gasteiger partial charge in [0, 0.05) is 11.6 Å². The second-order valence-electron chi connectivity index (χ2n) is 5.15. The van der Waals surface area contributed by atoms with Crippen LogP contribution in [-0.2, 0) is 0 Å². The Hall–Kier alpha value is -0.0800. The molecule has 90 valence electrons. The summed E-state index contributed by atoms with van der Waals surface area (Å²) in [5.41, 5.74) is 6.63. The maximum Gasteiger partial charge on any atom is 0.0329 e. The molecule has 2 atom stereocenters. The molecule has 1 rings (SSSR count). The first kappa shape index (κ1) is 13.0. The summed E-state index contributed by atoms with van der Waals surface area (Å²) in [4.78, 5) is 2.62. The molecule has 2 N–H and O–H groups in total. The van der Waals surface area contributed by atoms with E-state index in [9.17, 15) is 0 Å². The molecule has 0 aromatic carbocycles. The zero-order valence-electron chi connectivity index (χ0n) is 10.8. The van der Waals surface area contributed by atoms with E-state index >= 15 is 0 Å². The molecule has 1 heterocycles. The molecule has 0 saturated carbocycles. The highest BCUT2D eigenvalue weighted by Crippen LogP contribution is 2.28. The standard InChI is InChI=1S/C13H28N2/c1-4-6-9-12(14)13(3,5-2)15-10-7-8-11-15/h12H,4-11,14H2,1-3H3. The van der Waals surface area contributed by atoms with Crippen LogP contribution < -0.4 is 5.73 Å².